The van der Waals surface area contributed by atoms with E-state index in [4.69, 9.17) is 16.2 Å². The number of nitrogen functional groups attached to an aromatic ring is 2. The zero-order valence-corrected chi connectivity index (χ0v) is 27.1. The van der Waals surface area contributed by atoms with Crippen molar-refractivity contribution in [3.63, 3.8) is 0 Å². The molecule has 0 bridgehead atoms. The van der Waals surface area contributed by atoms with Crippen molar-refractivity contribution >= 4 is 17.3 Å². The summed E-state index contributed by atoms with van der Waals surface area (Å²) < 4.78 is 6.28. The molecule has 1 aromatic rings. The molecule has 0 radical (unpaired) electrons. The molecule has 0 aliphatic heterocycles. The number of fused-ring (bicyclic) bond motifs is 5. The minimum absolute atomic E-state index is 0.0642. The molecule has 4 nitrogen and oxygen atoms in total. The fourth-order valence-corrected chi connectivity index (χ4v) is 11.4. The second kappa shape index (κ2) is 11.3. The third kappa shape index (κ3) is 5.70. The quantitative estimate of drug-likeness (QED) is 0.150. The molecule has 0 amide bonds. The van der Waals surface area contributed by atoms with Gasteiger partial charge in [-0.3, -0.25) is 0 Å². The maximum Gasteiger partial charge on any atom is 0.338 e. The Kier molecular flexibility index (Phi) is 8.38. The summed E-state index contributed by atoms with van der Waals surface area (Å²) in [5.41, 5.74) is 15.7. The zero-order chi connectivity index (χ0) is 29.7. The number of anilines is 2. The van der Waals surface area contributed by atoms with Crippen LogP contribution in [0.25, 0.3) is 0 Å². The van der Waals surface area contributed by atoms with Crippen molar-refractivity contribution in [3.05, 3.63) is 35.4 Å². The highest BCUT2D eigenvalue weighted by Gasteiger charge is 2.63. The van der Waals surface area contributed by atoms with E-state index in [0.29, 0.717) is 28.3 Å². The second-order valence-electron chi connectivity index (χ2n) is 16.2. The smallest absolute Gasteiger partial charge is 0.338 e. The summed E-state index contributed by atoms with van der Waals surface area (Å²) in [6, 6.07) is 5.06. The maximum atomic E-state index is 13.3. The lowest BCUT2D eigenvalue weighted by molar-refractivity contribution is -0.171. The first-order valence-electron chi connectivity index (χ1n) is 16.7. The van der Waals surface area contributed by atoms with Gasteiger partial charge in [-0.15, -0.1) is 0 Å². The van der Waals surface area contributed by atoms with Crippen LogP contribution in [-0.2, 0) is 4.74 Å². The van der Waals surface area contributed by atoms with E-state index in [0.717, 1.165) is 42.4 Å². The fraction of sp³-hybridized carbons (Fsp3) is 0.757. The van der Waals surface area contributed by atoms with Gasteiger partial charge >= 0.3 is 5.97 Å². The summed E-state index contributed by atoms with van der Waals surface area (Å²) in [6.45, 7) is 17.1. The number of rotatable bonds is 7. The number of nitrogens with two attached hydrogens (primary N) is 2. The van der Waals surface area contributed by atoms with Crippen molar-refractivity contribution < 1.29 is 9.53 Å². The highest BCUT2D eigenvalue weighted by atomic mass is 16.5. The maximum absolute atomic E-state index is 13.3. The Balaban J connectivity index is 1.31. The predicted octanol–water partition coefficient (Wildman–Crippen LogP) is 9.44. The fourth-order valence-electron chi connectivity index (χ4n) is 11.4. The van der Waals surface area contributed by atoms with Crippen molar-refractivity contribution in [1.82, 2.24) is 0 Å². The van der Waals surface area contributed by atoms with Crippen LogP contribution in [0.15, 0.2) is 29.8 Å². The summed E-state index contributed by atoms with van der Waals surface area (Å²) in [4.78, 5) is 13.3. The van der Waals surface area contributed by atoms with Crippen LogP contribution in [0.1, 0.15) is 129 Å². The Morgan fingerprint density at radius 2 is 1.63 bits per heavy atom. The largest absolute Gasteiger partial charge is 0.459 e. The number of carbonyl (C=O) groups excluding carboxylic acids is 1. The molecular weight excluding hydrogens is 504 g/mol. The molecule has 4 saturated carbocycles. The molecule has 0 heterocycles. The first kappa shape index (κ1) is 30.5. The molecule has 0 saturated heterocycles. The van der Waals surface area contributed by atoms with Gasteiger partial charge in [0.2, 0.25) is 0 Å². The number of carbonyl (C=O) groups is 1. The molecule has 4 N–H and O–H groups in total. The number of allylic oxidation sites excluding steroid dienone is 2. The van der Waals surface area contributed by atoms with Crippen molar-refractivity contribution in [2.75, 3.05) is 11.5 Å². The van der Waals surface area contributed by atoms with Gasteiger partial charge in [0.15, 0.2) is 0 Å². The van der Waals surface area contributed by atoms with Gasteiger partial charge in [0.25, 0.3) is 0 Å². The molecule has 9 atom stereocenters. The normalized spacial score (nSPS) is 38.2. The summed E-state index contributed by atoms with van der Waals surface area (Å²) in [6.07, 6.45) is 16.5. The highest BCUT2D eigenvalue weighted by molar-refractivity contribution is 5.91. The highest BCUT2D eigenvalue weighted by Crippen LogP contribution is 2.70. The lowest BCUT2D eigenvalue weighted by Crippen LogP contribution is -2.58. The first-order valence-corrected chi connectivity index (χ1v) is 16.7. The molecule has 9 unspecified atom stereocenters. The van der Waals surface area contributed by atoms with E-state index in [1.165, 1.54) is 63.4 Å². The van der Waals surface area contributed by atoms with E-state index in [-0.39, 0.29) is 22.9 Å². The lowest BCUT2D eigenvalue weighted by atomic mass is 9.41. The Labute approximate surface area is 250 Å². The van der Waals surface area contributed by atoms with Crippen molar-refractivity contribution in [2.45, 2.75) is 125 Å². The van der Waals surface area contributed by atoms with E-state index in [9.17, 15) is 4.79 Å². The number of hydrogen-bond acceptors (Lipinski definition) is 4. The molecule has 228 valence electrons. The number of ether oxygens (including phenoxy) is 1. The number of hydrogen-bond donors (Lipinski definition) is 2. The predicted molar refractivity (Wildman–Crippen MR) is 171 cm³/mol. The van der Waals surface area contributed by atoms with Crippen LogP contribution < -0.4 is 11.5 Å². The first-order chi connectivity index (χ1) is 19.2. The van der Waals surface area contributed by atoms with E-state index in [1.54, 1.807) is 18.2 Å². The summed E-state index contributed by atoms with van der Waals surface area (Å²) >= 11 is 0. The Bertz CT molecular complexity index is 1130. The average Bonchev–Trinajstić information content (AvgIpc) is 3.22. The summed E-state index contributed by atoms with van der Waals surface area (Å²) in [7, 11) is 0. The van der Waals surface area contributed by atoms with Crippen molar-refractivity contribution in [3.8, 4) is 0 Å². The van der Waals surface area contributed by atoms with Crippen LogP contribution in [-0.4, -0.2) is 12.1 Å². The molecule has 0 spiro atoms. The van der Waals surface area contributed by atoms with Gasteiger partial charge in [-0.2, -0.15) is 0 Å². The minimum Gasteiger partial charge on any atom is -0.459 e. The second-order valence-corrected chi connectivity index (χ2v) is 16.2. The average molecular weight is 563 g/mol. The third-order valence-corrected chi connectivity index (χ3v) is 12.9. The molecule has 0 aromatic heterocycles. The van der Waals surface area contributed by atoms with Gasteiger partial charge in [-0.05, 0) is 148 Å². The summed E-state index contributed by atoms with van der Waals surface area (Å²) in [5.74, 6) is 4.49. The number of unbranched alkanes of at least 4 members (excludes halogenated alkanes) is 1. The van der Waals surface area contributed by atoms with Crippen LogP contribution in [0.4, 0.5) is 11.4 Å². The van der Waals surface area contributed by atoms with Crippen LogP contribution >= 0.6 is 0 Å². The minimum atomic E-state index is -0.285. The van der Waals surface area contributed by atoms with Crippen LogP contribution in [0.2, 0.25) is 0 Å². The van der Waals surface area contributed by atoms with Gasteiger partial charge in [0.1, 0.15) is 6.10 Å². The Morgan fingerprint density at radius 1 is 0.951 bits per heavy atom. The third-order valence-electron chi connectivity index (χ3n) is 12.9. The Morgan fingerprint density at radius 3 is 2.32 bits per heavy atom. The topological polar surface area (TPSA) is 78.3 Å². The molecule has 4 heteroatoms. The molecule has 41 heavy (non-hydrogen) atoms. The van der Waals surface area contributed by atoms with Gasteiger partial charge < -0.3 is 16.2 Å². The van der Waals surface area contributed by atoms with Gasteiger partial charge in [0.05, 0.1) is 5.56 Å². The molecule has 1 aromatic carbocycles. The van der Waals surface area contributed by atoms with Crippen LogP contribution in [0.3, 0.4) is 0 Å². The van der Waals surface area contributed by atoms with Crippen LogP contribution in [0.5, 0.6) is 0 Å². The monoisotopic (exact) mass is 562 g/mol. The van der Waals surface area contributed by atoms with E-state index >= 15 is 0 Å². The number of esters is 1. The van der Waals surface area contributed by atoms with Gasteiger partial charge in [0, 0.05) is 11.4 Å². The molecule has 4 fully saturated rings. The standard InChI is InChI=1S/C37H58N2O2/c1-23(2)10-8-9-11-24(3)30-13-14-31-29-12-15-33-35(4,5)21-28(22-37(33,7)32(29)16-17-36(30,31)6)41-34(40)25-18-26(38)20-27(39)19-25/h10,18-20,24,28-33H,8-9,11-17,21-22,38-39H2,1-7H3. The molecule has 4 aliphatic carbocycles. The van der Waals surface area contributed by atoms with Crippen molar-refractivity contribution in [1.29, 1.82) is 0 Å². The Hall–Kier alpha value is -1.97. The van der Waals surface area contributed by atoms with Gasteiger partial charge in [-0.1, -0.05) is 52.7 Å². The SMILES string of the molecule is CC(C)=CCCCC(C)C1CCC2C3CCC4C(C)(C)CC(OC(=O)c5cc(N)cc(N)c5)CC4(C)C3CCC12C. The zero-order valence-electron chi connectivity index (χ0n) is 27.1. The molecule has 4 aliphatic rings. The van der Waals surface area contributed by atoms with Crippen molar-refractivity contribution in [2.24, 2.45) is 51.8 Å². The van der Waals surface area contributed by atoms with E-state index in [2.05, 4.69) is 54.5 Å². The van der Waals surface area contributed by atoms with E-state index < -0.39 is 0 Å². The summed E-state index contributed by atoms with van der Waals surface area (Å²) in [5, 5.41) is 0. The number of benzene rings is 1. The van der Waals surface area contributed by atoms with E-state index in [1.807, 2.05) is 0 Å². The van der Waals surface area contributed by atoms with Crippen LogP contribution in [0, 0.1) is 51.8 Å². The molecular formula is C37H58N2O2. The molecule has 5 rings (SSSR count). The lowest BCUT2D eigenvalue weighted by Gasteiger charge is -2.64. The van der Waals surface area contributed by atoms with Gasteiger partial charge in [-0.25, -0.2) is 4.79 Å².